The van der Waals surface area contributed by atoms with Crippen LogP contribution in [0.5, 0.6) is 0 Å². The second-order valence-corrected chi connectivity index (χ2v) is 5.76. The van der Waals surface area contributed by atoms with Crippen molar-refractivity contribution in [3.05, 3.63) is 30.5 Å². The number of nitrogens with zero attached hydrogens (tertiary/aromatic N) is 4. The molecule has 0 spiro atoms. The molecule has 9 heteroatoms. The van der Waals surface area contributed by atoms with E-state index < -0.39 is 12.0 Å². The van der Waals surface area contributed by atoms with Gasteiger partial charge in [-0.05, 0) is 13.8 Å². The Hall–Kier alpha value is -2.39. The van der Waals surface area contributed by atoms with Gasteiger partial charge in [0, 0.05) is 0 Å². The molecule has 2 aromatic rings. The fraction of sp³-hybridized carbons (Fsp3) is 0.462. The molecule has 4 rings (SSSR count). The van der Waals surface area contributed by atoms with Gasteiger partial charge < -0.3 is 19.4 Å². The van der Waals surface area contributed by atoms with E-state index >= 15 is 0 Å². The van der Waals surface area contributed by atoms with E-state index in [1.807, 2.05) is 13.8 Å². The van der Waals surface area contributed by atoms with E-state index in [4.69, 9.17) is 19.6 Å². The zero-order chi connectivity index (χ0) is 15.6. The molecule has 9 nitrogen and oxygen atoms in total. The topological polar surface area (TPSA) is 107 Å². The predicted octanol–water partition coefficient (Wildman–Crippen LogP) is 0.512. The standard InChI is InChI=1S/C13H15N5O4/c1-6-8-9(22-13(2,3)21-8)12(20-6)17-4-15-7-10(14)18(19)5-16-11(7)17/h4-5,8-9,12,14,19H,1H2,2-3H3/t8-,9-,12-/m0/s1. The van der Waals surface area contributed by atoms with Crippen LogP contribution in [0.25, 0.3) is 11.2 Å². The Labute approximate surface area is 124 Å². The molecule has 2 saturated heterocycles. The van der Waals surface area contributed by atoms with Crippen molar-refractivity contribution < 1.29 is 19.4 Å². The highest BCUT2D eigenvalue weighted by Gasteiger charge is 2.54. The second-order valence-electron chi connectivity index (χ2n) is 5.76. The molecular weight excluding hydrogens is 290 g/mol. The Morgan fingerprint density at radius 1 is 1.32 bits per heavy atom. The van der Waals surface area contributed by atoms with E-state index in [1.165, 1.54) is 6.33 Å². The van der Waals surface area contributed by atoms with E-state index in [-0.39, 0.29) is 23.2 Å². The molecule has 116 valence electrons. The number of imidazole rings is 1. The Kier molecular flexibility index (Phi) is 2.46. The summed E-state index contributed by atoms with van der Waals surface area (Å²) in [6.07, 6.45) is 1.37. The number of ether oxygens (including phenoxy) is 3. The third-order valence-corrected chi connectivity index (χ3v) is 3.78. The van der Waals surface area contributed by atoms with Gasteiger partial charge in [0.15, 0.2) is 28.5 Å². The Balaban J connectivity index is 1.81. The minimum absolute atomic E-state index is 0.152. The van der Waals surface area contributed by atoms with Crippen molar-refractivity contribution in [1.82, 2.24) is 19.3 Å². The van der Waals surface area contributed by atoms with Crippen molar-refractivity contribution in [3.63, 3.8) is 0 Å². The van der Waals surface area contributed by atoms with Crippen LogP contribution in [0.1, 0.15) is 20.1 Å². The molecule has 0 bridgehead atoms. The zero-order valence-corrected chi connectivity index (χ0v) is 12.1. The number of fused-ring (bicyclic) bond motifs is 2. The number of aromatic nitrogens is 4. The first kappa shape index (κ1) is 13.3. The maximum Gasteiger partial charge on any atom is 0.207 e. The first-order valence-electron chi connectivity index (χ1n) is 6.76. The van der Waals surface area contributed by atoms with Gasteiger partial charge >= 0.3 is 0 Å². The predicted molar refractivity (Wildman–Crippen MR) is 71.6 cm³/mol. The van der Waals surface area contributed by atoms with Gasteiger partial charge in [-0.2, -0.15) is 4.73 Å². The van der Waals surface area contributed by atoms with E-state index in [0.29, 0.717) is 16.1 Å². The number of nitrogens with one attached hydrogen (secondary N) is 1. The lowest BCUT2D eigenvalue weighted by Gasteiger charge is -2.23. The molecule has 0 saturated carbocycles. The van der Waals surface area contributed by atoms with Crippen LogP contribution in [0.2, 0.25) is 0 Å². The number of hydrogen-bond donors (Lipinski definition) is 2. The monoisotopic (exact) mass is 305 g/mol. The first-order valence-corrected chi connectivity index (χ1v) is 6.76. The molecule has 0 aromatic carbocycles. The van der Waals surface area contributed by atoms with Crippen molar-refractivity contribution in [3.8, 4) is 0 Å². The summed E-state index contributed by atoms with van der Waals surface area (Å²) in [6, 6.07) is 0. The van der Waals surface area contributed by atoms with Crippen LogP contribution in [-0.4, -0.2) is 42.5 Å². The van der Waals surface area contributed by atoms with Crippen molar-refractivity contribution >= 4 is 11.2 Å². The molecule has 0 radical (unpaired) electrons. The summed E-state index contributed by atoms with van der Waals surface area (Å²) in [5, 5.41) is 17.3. The molecule has 2 aliphatic rings. The van der Waals surface area contributed by atoms with Crippen LogP contribution in [0.4, 0.5) is 0 Å². The van der Waals surface area contributed by atoms with Gasteiger partial charge in [-0.25, -0.2) is 9.97 Å². The summed E-state index contributed by atoms with van der Waals surface area (Å²) in [6.45, 7) is 7.53. The van der Waals surface area contributed by atoms with Gasteiger partial charge in [0.25, 0.3) is 0 Å². The SMILES string of the molecule is C=C1O[C@H](n2cnc3c(=N)n(O)cnc32)[C@H]2OC(C)(C)O[C@@H]12. The van der Waals surface area contributed by atoms with Crippen LogP contribution in [0.3, 0.4) is 0 Å². The molecule has 2 N–H and O–H groups in total. The highest BCUT2D eigenvalue weighted by Crippen LogP contribution is 2.44. The van der Waals surface area contributed by atoms with E-state index in [9.17, 15) is 5.21 Å². The van der Waals surface area contributed by atoms with Gasteiger partial charge in [0.2, 0.25) is 6.23 Å². The third kappa shape index (κ3) is 1.69. The molecule has 22 heavy (non-hydrogen) atoms. The highest BCUT2D eigenvalue weighted by atomic mass is 16.8. The van der Waals surface area contributed by atoms with E-state index in [1.54, 1.807) is 4.57 Å². The van der Waals surface area contributed by atoms with Crippen LogP contribution >= 0.6 is 0 Å². The lowest BCUT2D eigenvalue weighted by Crippen LogP contribution is -2.28. The van der Waals surface area contributed by atoms with Gasteiger partial charge in [0.1, 0.15) is 24.5 Å². The number of hydrogen-bond acceptors (Lipinski definition) is 7. The third-order valence-electron chi connectivity index (χ3n) is 3.78. The normalized spacial score (nSPS) is 29.7. The molecule has 0 amide bonds. The average molecular weight is 305 g/mol. The zero-order valence-electron chi connectivity index (χ0n) is 12.1. The van der Waals surface area contributed by atoms with E-state index in [2.05, 4.69) is 16.5 Å². The maximum atomic E-state index is 9.48. The largest absolute Gasteiger partial charge is 0.469 e. The summed E-state index contributed by atoms with van der Waals surface area (Å²) < 4.78 is 19.7. The summed E-state index contributed by atoms with van der Waals surface area (Å²) in [4.78, 5) is 8.23. The molecule has 2 aliphatic heterocycles. The molecule has 2 aromatic heterocycles. The summed E-state index contributed by atoms with van der Waals surface area (Å²) >= 11 is 0. The molecule has 2 fully saturated rings. The Bertz CT molecular complexity index is 839. The quantitative estimate of drug-likeness (QED) is 0.743. The molecular formula is C13H15N5O4. The Morgan fingerprint density at radius 2 is 2.09 bits per heavy atom. The maximum absolute atomic E-state index is 9.48. The smallest absolute Gasteiger partial charge is 0.207 e. The minimum atomic E-state index is -0.723. The van der Waals surface area contributed by atoms with Gasteiger partial charge in [0.05, 0.1) is 0 Å². The van der Waals surface area contributed by atoms with Crippen molar-refractivity contribution in [2.24, 2.45) is 0 Å². The average Bonchev–Trinajstić information content (AvgIpc) is 3.08. The summed E-state index contributed by atoms with van der Waals surface area (Å²) in [5.41, 5.74) is 0.531. The lowest BCUT2D eigenvalue weighted by molar-refractivity contribution is -0.173. The molecule has 0 unspecified atom stereocenters. The van der Waals surface area contributed by atoms with E-state index in [0.717, 1.165) is 6.33 Å². The second kappa shape index (κ2) is 4.08. The highest BCUT2D eigenvalue weighted by molar-refractivity contribution is 5.68. The van der Waals surface area contributed by atoms with Gasteiger partial charge in [-0.15, -0.1) is 0 Å². The van der Waals surface area contributed by atoms with Crippen molar-refractivity contribution in [1.29, 1.82) is 5.41 Å². The van der Waals surface area contributed by atoms with Crippen molar-refractivity contribution in [2.45, 2.75) is 38.1 Å². The summed E-state index contributed by atoms with van der Waals surface area (Å²) in [5.74, 6) is -0.236. The van der Waals surface area contributed by atoms with Crippen LogP contribution in [0, 0.1) is 5.41 Å². The van der Waals surface area contributed by atoms with Crippen molar-refractivity contribution in [2.75, 3.05) is 0 Å². The fourth-order valence-corrected chi connectivity index (χ4v) is 2.86. The van der Waals surface area contributed by atoms with Gasteiger partial charge in [-0.1, -0.05) is 6.58 Å². The summed E-state index contributed by atoms with van der Waals surface area (Å²) in [7, 11) is 0. The minimum Gasteiger partial charge on any atom is -0.469 e. The lowest BCUT2D eigenvalue weighted by atomic mass is 10.2. The van der Waals surface area contributed by atoms with Crippen LogP contribution in [-0.2, 0) is 14.2 Å². The van der Waals surface area contributed by atoms with Gasteiger partial charge in [-0.3, -0.25) is 9.98 Å². The van der Waals surface area contributed by atoms with Crippen LogP contribution < -0.4 is 5.49 Å². The Morgan fingerprint density at radius 3 is 2.86 bits per heavy atom. The first-order chi connectivity index (χ1) is 10.4. The number of rotatable bonds is 1. The van der Waals surface area contributed by atoms with Crippen LogP contribution in [0.15, 0.2) is 25.0 Å². The molecule has 0 aliphatic carbocycles. The fourth-order valence-electron chi connectivity index (χ4n) is 2.86. The molecule has 3 atom stereocenters. The molecule has 4 heterocycles.